The summed E-state index contributed by atoms with van der Waals surface area (Å²) >= 11 is 0. The van der Waals surface area contributed by atoms with Gasteiger partial charge in [-0.15, -0.1) is 5.11 Å². The molecule has 6 heteroatoms. The van der Waals surface area contributed by atoms with E-state index in [-0.39, 0.29) is 11.5 Å². The fourth-order valence-electron chi connectivity index (χ4n) is 0.973. The van der Waals surface area contributed by atoms with Crippen molar-refractivity contribution in [2.24, 2.45) is 10.2 Å². The van der Waals surface area contributed by atoms with E-state index in [1.165, 1.54) is 38.3 Å². The van der Waals surface area contributed by atoms with Crippen molar-refractivity contribution in [1.82, 2.24) is 0 Å². The Bertz CT molecular complexity index is 462. The first-order chi connectivity index (χ1) is 8.04. The molecule has 1 rings (SSSR count). The van der Waals surface area contributed by atoms with E-state index in [1.807, 2.05) is 0 Å². The highest BCUT2D eigenvalue weighted by molar-refractivity contribution is 5.88. The predicted octanol–water partition coefficient (Wildman–Crippen LogP) is 2.87. The summed E-state index contributed by atoms with van der Waals surface area (Å²) in [7, 11) is 1.17. The molecule has 0 spiro atoms. The van der Waals surface area contributed by atoms with Gasteiger partial charge in [0.25, 0.3) is 0 Å². The Morgan fingerprint density at radius 2 is 1.94 bits per heavy atom. The molecule has 0 atom stereocenters. The second-order valence-electron chi connectivity index (χ2n) is 3.10. The second-order valence-corrected chi connectivity index (χ2v) is 3.10. The number of ether oxygens (including phenoxy) is 1. The molecule has 90 valence electrons. The molecule has 0 bridgehead atoms. The van der Waals surface area contributed by atoms with Crippen molar-refractivity contribution < 1.29 is 19.0 Å². The van der Waals surface area contributed by atoms with Crippen LogP contribution in [0.5, 0.6) is 0 Å². The number of allylic oxidation sites excluding steroid dienone is 1. The van der Waals surface area contributed by atoms with Crippen LogP contribution in [0.15, 0.2) is 46.0 Å². The summed E-state index contributed by atoms with van der Waals surface area (Å²) in [5, 5.41) is 16.4. The van der Waals surface area contributed by atoms with Crippen LogP contribution in [0.25, 0.3) is 0 Å². The van der Waals surface area contributed by atoms with Crippen LogP contribution in [0.3, 0.4) is 0 Å². The fourth-order valence-corrected chi connectivity index (χ4v) is 0.973. The number of carbonyl (C=O) groups excluding carboxylic acids is 1. The zero-order valence-electron chi connectivity index (χ0n) is 9.35. The molecule has 1 aromatic rings. The summed E-state index contributed by atoms with van der Waals surface area (Å²) in [5.74, 6) is -1.50. The van der Waals surface area contributed by atoms with E-state index >= 15 is 0 Å². The highest BCUT2D eigenvalue weighted by Gasteiger charge is 2.12. The van der Waals surface area contributed by atoms with Gasteiger partial charge in [-0.05, 0) is 31.2 Å². The third-order valence-electron chi connectivity index (χ3n) is 1.81. The summed E-state index contributed by atoms with van der Waals surface area (Å²) in [5.41, 5.74) is 0.0610. The SMILES string of the molecule is COC(=O)C(N=Nc1ccc(F)cc1)=C(C)O. The largest absolute Gasteiger partial charge is 0.510 e. The monoisotopic (exact) mass is 238 g/mol. The van der Waals surface area contributed by atoms with Crippen LogP contribution >= 0.6 is 0 Å². The van der Waals surface area contributed by atoms with Crippen LogP contribution in [0, 0.1) is 5.82 Å². The number of esters is 1. The van der Waals surface area contributed by atoms with Crippen molar-refractivity contribution in [3.8, 4) is 0 Å². The maximum Gasteiger partial charge on any atom is 0.362 e. The lowest BCUT2D eigenvalue weighted by molar-refractivity contribution is -0.136. The van der Waals surface area contributed by atoms with Crippen molar-refractivity contribution in [2.75, 3.05) is 7.11 Å². The van der Waals surface area contributed by atoms with Gasteiger partial charge in [-0.3, -0.25) is 0 Å². The molecule has 0 aliphatic heterocycles. The first kappa shape index (κ1) is 12.8. The molecule has 17 heavy (non-hydrogen) atoms. The maximum atomic E-state index is 12.6. The van der Waals surface area contributed by atoms with Gasteiger partial charge >= 0.3 is 5.97 Å². The number of hydrogen-bond donors (Lipinski definition) is 1. The van der Waals surface area contributed by atoms with Crippen molar-refractivity contribution in [2.45, 2.75) is 6.92 Å². The Kier molecular flexibility index (Phi) is 4.33. The highest BCUT2D eigenvalue weighted by atomic mass is 19.1. The summed E-state index contributed by atoms with van der Waals surface area (Å²) in [6, 6.07) is 5.20. The van der Waals surface area contributed by atoms with Gasteiger partial charge in [0.15, 0.2) is 0 Å². The number of benzene rings is 1. The Morgan fingerprint density at radius 3 is 2.41 bits per heavy atom. The van der Waals surface area contributed by atoms with E-state index in [2.05, 4.69) is 15.0 Å². The number of methoxy groups -OCH3 is 1. The normalized spacial score (nSPS) is 12.4. The third-order valence-corrected chi connectivity index (χ3v) is 1.81. The van der Waals surface area contributed by atoms with Crippen LogP contribution in [-0.4, -0.2) is 18.2 Å². The molecule has 0 radical (unpaired) electrons. The fraction of sp³-hybridized carbons (Fsp3) is 0.182. The van der Waals surface area contributed by atoms with Gasteiger partial charge in [-0.1, -0.05) is 0 Å². The minimum absolute atomic E-state index is 0.295. The van der Waals surface area contributed by atoms with Crippen molar-refractivity contribution in [3.63, 3.8) is 0 Å². The summed E-state index contributed by atoms with van der Waals surface area (Å²) in [6.07, 6.45) is 0. The third kappa shape index (κ3) is 3.67. The van der Waals surface area contributed by atoms with Gasteiger partial charge in [0.05, 0.1) is 12.8 Å². The van der Waals surface area contributed by atoms with Gasteiger partial charge in [0.1, 0.15) is 11.6 Å². The van der Waals surface area contributed by atoms with Gasteiger partial charge in [-0.25, -0.2) is 9.18 Å². The van der Waals surface area contributed by atoms with Crippen LogP contribution in [0.4, 0.5) is 10.1 Å². The molecule has 5 nitrogen and oxygen atoms in total. The first-order valence-corrected chi connectivity index (χ1v) is 4.70. The minimum atomic E-state index is -0.795. The van der Waals surface area contributed by atoms with Gasteiger partial charge in [0.2, 0.25) is 5.70 Å². The van der Waals surface area contributed by atoms with Crippen molar-refractivity contribution in [3.05, 3.63) is 41.5 Å². The number of hydrogen-bond acceptors (Lipinski definition) is 5. The lowest BCUT2D eigenvalue weighted by atomic mass is 10.3. The van der Waals surface area contributed by atoms with Crippen LogP contribution in [0.2, 0.25) is 0 Å². The Labute approximate surface area is 97.2 Å². The zero-order valence-corrected chi connectivity index (χ0v) is 9.35. The number of rotatable bonds is 3. The Hall–Kier alpha value is -2.24. The molecule has 0 aliphatic rings. The highest BCUT2D eigenvalue weighted by Crippen LogP contribution is 2.15. The van der Waals surface area contributed by atoms with E-state index < -0.39 is 11.8 Å². The number of aliphatic hydroxyl groups is 1. The lowest BCUT2D eigenvalue weighted by Gasteiger charge is -1.99. The molecule has 1 aromatic carbocycles. The van der Waals surface area contributed by atoms with E-state index in [4.69, 9.17) is 0 Å². The summed E-state index contributed by atoms with van der Waals surface area (Å²) in [6.45, 7) is 1.29. The number of carbonyl (C=O) groups is 1. The lowest BCUT2D eigenvalue weighted by Crippen LogP contribution is -2.04. The molecule has 0 amide bonds. The Morgan fingerprint density at radius 1 is 1.35 bits per heavy atom. The minimum Gasteiger partial charge on any atom is -0.510 e. The average Bonchev–Trinajstić information content (AvgIpc) is 2.31. The molecule has 0 heterocycles. The molecular formula is C11H11FN2O3. The maximum absolute atomic E-state index is 12.6. The van der Waals surface area contributed by atoms with Crippen LogP contribution in [0.1, 0.15) is 6.92 Å². The summed E-state index contributed by atoms with van der Waals surface area (Å²) < 4.78 is 17.0. The molecule has 0 fully saturated rings. The van der Waals surface area contributed by atoms with E-state index in [9.17, 15) is 14.3 Å². The van der Waals surface area contributed by atoms with E-state index in [0.29, 0.717) is 5.69 Å². The molecule has 1 N–H and O–H groups in total. The Balaban J connectivity index is 2.92. The quantitative estimate of drug-likeness (QED) is 0.381. The van der Waals surface area contributed by atoms with Crippen molar-refractivity contribution in [1.29, 1.82) is 0 Å². The average molecular weight is 238 g/mol. The van der Waals surface area contributed by atoms with Gasteiger partial charge in [0, 0.05) is 0 Å². The standard InChI is InChI=1S/C11H11FN2O3/c1-7(15)10(11(16)17-2)14-13-9-5-3-8(12)4-6-9/h3-6,15H,1-2H3. The number of azo groups is 1. The van der Waals surface area contributed by atoms with Gasteiger partial charge in [-0.2, -0.15) is 5.11 Å². The van der Waals surface area contributed by atoms with Crippen LogP contribution in [-0.2, 0) is 9.53 Å². The molecule has 0 saturated heterocycles. The molecule has 0 aliphatic carbocycles. The molecule has 0 saturated carbocycles. The molecular weight excluding hydrogens is 227 g/mol. The molecule has 0 aromatic heterocycles. The second kappa shape index (κ2) is 5.74. The summed E-state index contributed by atoms with van der Waals surface area (Å²) in [4.78, 5) is 11.2. The van der Waals surface area contributed by atoms with E-state index in [1.54, 1.807) is 0 Å². The zero-order chi connectivity index (χ0) is 12.8. The smallest absolute Gasteiger partial charge is 0.362 e. The predicted molar refractivity (Wildman–Crippen MR) is 58.3 cm³/mol. The topological polar surface area (TPSA) is 71.2 Å². The number of nitrogens with zero attached hydrogens (tertiary/aromatic N) is 2. The van der Waals surface area contributed by atoms with Crippen molar-refractivity contribution >= 4 is 11.7 Å². The first-order valence-electron chi connectivity index (χ1n) is 4.70. The van der Waals surface area contributed by atoms with E-state index in [0.717, 1.165) is 0 Å². The van der Waals surface area contributed by atoms with Gasteiger partial charge < -0.3 is 9.84 Å². The number of halogens is 1. The molecule has 0 unspecified atom stereocenters. The van der Waals surface area contributed by atoms with Crippen LogP contribution < -0.4 is 0 Å². The number of aliphatic hydroxyl groups excluding tert-OH is 1.